The summed E-state index contributed by atoms with van der Waals surface area (Å²) in [6.45, 7) is 5.32. The van der Waals surface area contributed by atoms with Gasteiger partial charge in [-0.3, -0.25) is 4.98 Å². The molecule has 2 aliphatic heterocycles. The van der Waals surface area contributed by atoms with E-state index in [1.807, 2.05) is 0 Å². The molecule has 2 unspecified atom stereocenters. The zero-order valence-corrected chi connectivity index (χ0v) is 25.7. The molecule has 1 N–H and O–H groups in total. The summed E-state index contributed by atoms with van der Waals surface area (Å²) in [6.07, 6.45) is 13.6. The van der Waals surface area contributed by atoms with Crippen LogP contribution in [0, 0.1) is 29.4 Å². The number of ether oxygens (including phenoxy) is 2. The second kappa shape index (κ2) is 11.7. The Morgan fingerprint density at radius 1 is 1.13 bits per heavy atom. The van der Waals surface area contributed by atoms with E-state index in [9.17, 15) is 9.50 Å². The molecule has 0 radical (unpaired) electrons. The molecule has 4 aromatic rings. The fourth-order valence-electron chi connectivity index (χ4n) is 7.84. The van der Waals surface area contributed by atoms with Crippen molar-refractivity contribution in [2.75, 3.05) is 44.9 Å². The van der Waals surface area contributed by atoms with Crippen LogP contribution in [-0.4, -0.2) is 77.0 Å². The number of likely N-dealkylation sites (tertiary alicyclic amines) is 1. The Hall–Kier alpha value is -4.07. The van der Waals surface area contributed by atoms with Crippen LogP contribution >= 0.6 is 0 Å². The van der Waals surface area contributed by atoms with Crippen LogP contribution in [0.15, 0.2) is 30.5 Å². The van der Waals surface area contributed by atoms with Gasteiger partial charge in [0.2, 0.25) is 0 Å². The number of halogens is 2. The highest BCUT2D eigenvalue weighted by Crippen LogP contribution is 2.47. The van der Waals surface area contributed by atoms with Crippen LogP contribution in [0.3, 0.4) is 0 Å². The number of hydrogen-bond acceptors (Lipinski definition) is 8. The van der Waals surface area contributed by atoms with Crippen molar-refractivity contribution in [3.8, 4) is 35.4 Å². The van der Waals surface area contributed by atoms with Gasteiger partial charge in [0.15, 0.2) is 5.82 Å². The van der Waals surface area contributed by atoms with Crippen LogP contribution in [0.25, 0.3) is 32.9 Å². The van der Waals surface area contributed by atoms with Gasteiger partial charge in [0.25, 0.3) is 0 Å². The molecule has 4 heterocycles. The maximum Gasteiger partial charge on any atom is 0.319 e. The third-order valence-corrected chi connectivity index (χ3v) is 10.1. The first kappa shape index (κ1) is 29.6. The molecule has 234 valence electrons. The predicted octanol–water partition coefficient (Wildman–Crippen LogP) is 6.07. The van der Waals surface area contributed by atoms with Crippen molar-refractivity contribution in [3.05, 3.63) is 47.7 Å². The maximum absolute atomic E-state index is 16.8. The molecule has 2 aromatic heterocycles. The highest BCUT2D eigenvalue weighted by molar-refractivity contribution is 6.03. The van der Waals surface area contributed by atoms with Gasteiger partial charge in [0.1, 0.15) is 28.6 Å². The molecule has 1 aliphatic carbocycles. The first-order valence-electron chi connectivity index (χ1n) is 15.8. The van der Waals surface area contributed by atoms with Gasteiger partial charge in [0.05, 0.1) is 24.2 Å². The SMILES string of the molecule is C#Cc1c(F)ccc2cc(O)cc(-c3ncc4c(N5CCOCCC5C)nc(OC[C@]56CCCC5N(C)CCC6)nc4c3F)c12. The lowest BCUT2D eigenvalue weighted by molar-refractivity contribution is 0.0133. The normalized spacial score (nSPS) is 24.0. The van der Waals surface area contributed by atoms with Crippen molar-refractivity contribution in [1.29, 1.82) is 0 Å². The number of terminal acetylenes is 1. The number of anilines is 1. The molecule has 45 heavy (non-hydrogen) atoms. The molecule has 8 nitrogen and oxygen atoms in total. The Labute approximate surface area is 261 Å². The summed E-state index contributed by atoms with van der Waals surface area (Å²) in [5.74, 6) is 1.45. The van der Waals surface area contributed by atoms with Gasteiger partial charge in [-0.25, -0.2) is 8.78 Å². The summed E-state index contributed by atoms with van der Waals surface area (Å²) in [5, 5.41) is 11.7. The van der Waals surface area contributed by atoms with E-state index in [4.69, 9.17) is 20.9 Å². The number of phenolic OH excluding ortho intramolecular Hbond substituents is 1. The maximum atomic E-state index is 16.8. The third-order valence-electron chi connectivity index (χ3n) is 10.1. The first-order valence-corrected chi connectivity index (χ1v) is 15.8. The van der Waals surface area contributed by atoms with E-state index in [2.05, 4.69) is 39.7 Å². The number of pyridine rings is 1. The summed E-state index contributed by atoms with van der Waals surface area (Å²) in [4.78, 5) is 18.6. The van der Waals surface area contributed by atoms with Crippen molar-refractivity contribution in [3.63, 3.8) is 0 Å². The lowest BCUT2D eigenvalue weighted by atomic mass is 9.76. The Morgan fingerprint density at radius 3 is 2.82 bits per heavy atom. The molecule has 3 atom stereocenters. The molecule has 1 saturated carbocycles. The van der Waals surface area contributed by atoms with Crippen molar-refractivity contribution < 1.29 is 23.4 Å². The minimum absolute atomic E-state index is 0.00728. The second-order valence-electron chi connectivity index (χ2n) is 12.8. The fourth-order valence-corrected chi connectivity index (χ4v) is 7.84. The van der Waals surface area contributed by atoms with E-state index in [0.717, 1.165) is 45.1 Å². The smallest absolute Gasteiger partial charge is 0.319 e. The van der Waals surface area contributed by atoms with Crippen LogP contribution in [0.4, 0.5) is 14.6 Å². The van der Waals surface area contributed by atoms with Gasteiger partial charge < -0.3 is 24.4 Å². The van der Waals surface area contributed by atoms with E-state index in [0.29, 0.717) is 49.0 Å². The van der Waals surface area contributed by atoms with Gasteiger partial charge >= 0.3 is 6.01 Å². The average molecular weight is 614 g/mol. The molecule has 3 aliphatic rings. The van der Waals surface area contributed by atoms with Crippen LogP contribution in [0.2, 0.25) is 0 Å². The molecular formula is C35H37F2N5O3. The molecule has 10 heteroatoms. The molecule has 2 saturated heterocycles. The summed E-state index contributed by atoms with van der Waals surface area (Å²) >= 11 is 0. The number of fused-ring (bicyclic) bond motifs is 3. The largest absolute Gasteiger partial charge is 0.508 e. The zero-order valence-electron chi connectivity index (χ0n) is 25.7. The van der Waals surface area contributed by atoms with Gasteiger partial charge in [0, 0.05) is 47.8 Å². The summed E-state index contributed by atoms with van der Waals surface area (Å²) < 4.78 is 43.8. The quantitative estimate of drug-likeness (QED) is 0.272. The molecule has 7 rings (SSSR count). The zero-order chi connectivity index (χ0) is 31.3. The molecule has 0 spiro atoms. The molecule has 0 bridgehead atoms. The minimum Gasteiger partial charge on any atom is -0.508 e. The van der Waals surface area contributed by atoms with Crippen LogP contribution in [-0.2, 0) is 4.74 Å². The first-order chi connectivity index (χ1) is 21.8. The number of benzene rings is 2. The van der Waals surface area contributed by atoms with Crippen molar-refractivity contribution in [2.45, 2.75) is 57.5 Å². The monoisotopic (exact) mass is 613 g/mol. The molecule has 2 aromatic carbocycles. The number of aromatic nitrogens is 3. The lowest BCUT2D eigenvalue weighted by Crippen LogP contribution is -2.50. The van der Waals surface area contributed by atoms with Crippen LogP contribution in [0.5, 0.6) is 11.8 Å². The summed E-state index contributed by atoms with van der Waals surface area (Å²) in [5.41, 5.74) is 0.0877. The van der Waals surface area contributed by atoms with Crippen LogP contribution in [0.1, 0.15) is 51.0 Å². The number of nitrogens with zero attached hydrogens (tertiary/aromatic N) is 5. The highest BCUT2D eigenvalue weighted by Gasteiger charge is 2.47. The van der Waals surface area contributed by atoms with Gasteiger partial charge in [-0.05, 0) is 76.2 Å². The highest BCUT2D eigenvalue weighted by atomic mass is 19.1. The topological polar surface area (TPSA) is 83.8 Å². The van der Waals surface area contributed by atoms with E-state index in [-0.39, 0.29) is 50.9 Å². The standard InChI is InChI=1S/C35H37F2N5O3/c1-4-24-27(36)9-8-22-17-23(43)18-25(29(22)24)31-30(37)32-26(19-38-31)33(42-14-16-44-15-10-21(42)2)40-34(39-32)45-20-35-11-5-7-28(35)41(3)13-6-12-35/h1,8-9,17-19,21,28,43H,5-7,10-16,20H2,2-3H3/t21?,28?,35-/m1/s1. The number of aromatic hydroxyl groups is 1. The summed E-state index contributed by atoms with van der Waals surface area (Å²) in [6, 6.07) is 6.17. The minimum atomic E-state index is -0.729. The van der Waals surface area contributed by atoms with Crippen molar-refractivity contribution >= 4 is 27.5 Å². The van der Waals surface area contributed by atoms with E-state index in [1.165, 1.54) is 30.5 Å². The van der Waals surface area contributed by atoms with E-state index < -0.39 is 11.6 Å². The Bertz CT molecular complexity index is 1830. The Kier molecular flexibility index (Phi) is 7.70. The average Bonchev–Trinajstić information content (AvgIpc) is 3.36. The van der Waals surface area contributed by atoms with Gasteiger partial charge in [-0.15, -0.1) is 6.42 Å². The van der Waals surface area contributed by atoms with Gasteiger partial charge in [-0.1, -0.05) is 18.4 Å². The predicted molar refractivity (Wildman–Crippen MR) is 169 cm³/mol. The number of piperidine rings is 1. The number of phenols is 1. The molecule has 3 fully saturated rings. The number of rotatable bonds is 5. The Morgan fingerprint density at radius 2 is 1.98 bits per heavy atom. The lowest BCUT2D eigenvalue weighted by Gasteiger charge is -2.44. The third kappa shape index (κ3) is 5.12. The van der Waals surface area contributed by atoms with Gasteiger partial charge in [-0.2, -0.15) is 9.97 Å². The van der Waals surface area contributed by atoms with Crippen molar-refractivity contribution in [1.82, 2.24) is 19.9 Å². The molecule has 0 amide bonds. The van der Waals surface area contributed by atoms with E-state index >= 15 is 4.39 Å². The van der Waals surface area contributed by atoms with E-state index in [1.54, 1.807) is 0 Å². The summed E-state index contributed by atoms with van der Waals surface area (Å²) in [7, 11) is 2.18. The Balaban J connectivity index is 1.39. The molecular weight excluding hydrogens is 576 g/mol. The van der Waals surface area contributed by atoms with Crippen LogP contribution < -0.4 is 9.64 Å². The fraction of sp³-hybridized carbons (Fsp3) is 0.457. The number of hydrogen-bond donors (Lipinski definition) is 1. The second-order valence-corrected chi connectivity index (χ2v) is 12.8. The van der Waals surface area contributed by atoms with Crippen molar-refractivity contribution in [2.24, 2.45) is 5.41 Å².